The highest BCUT2D eigenvalue weighted by Gasteiger charge is 2.20. The molecule has 76 valence electrons. The zero-order chi connectivity index (χ0) is 10.1. The standard InChI is InChI=1S/C12H16BrN/c1-8-5-6-9(2)12(13)11(8)10-4-3-7-14-10/h5-6,10,14H,3-4,7H2,1-2H3. The molecule has 1 aromatic carbocycles. The van der Waals surface area contributed by atoms with Gasteiger partial charge in [0.05, 0.1) is 0 Å². The summed E-state index contributed by atoms with van der Waals surface area (Å²) in [5.74, 6) is 0. The highest BCUT2D eigenvalue weighted by molar-refractivity contribution is 9.10. The normalized spacial score (nSPS) is 21.5. The summed E-state index contributed by atoms with van der Waals surface area (Å²) < 4.78 is 1.29. The molecule has 0 spiro atoms. The maximum atomic E-state index is 3.70. The summed E-state index contributed by atoms with van der Waals surface area (Å²) >= 11 is 3.70. The van der Waals surface area contributed by atoms with Gasteiger partial charge in [-0.1, -0.05) is 28.1 Å². The molecule has 0 radical (unpaired) electrons. The monoisotopic (exact) mass is 253 g/mol. The van der Waals surface area contributed by atoms with E-state index in [1.54, 1.807) is 0 Å². The van der Waals surface area contributed by atoms with Crippen LogP contribution in [0, 0.1) is 13.8 Å². The van der Waals surface area contributed by atoms with Gasteiger partial charge in [0.15, 0.2) is 0 Å². The lowest BCUT2D eigenvalue weighted by atomic mass is 9.98. The van der Waals surface area contributed by atoms with Gasteiger partial charge in [0.25, 0.3) is 0 Å². The molecule has 0 amide bonds. The Labute approximate surface area is 94.0 Å². The van der Waals surface area contributed by atoms with E-state index in [0.717, 1.165) is 6.54 Å². The predicted molar refractivity (Wildman–Crippen MR) is 63.6 cm³/mol. The minimum atomic E-state index is 0.560. The predicted octanol–water partition coefficient (Wildman–Crippen LogP) is 3.49. The maximum absolute atomic E-state index is 3.70. The van der Waals surface area contributed by atoms with Crippen molar-refractivity contribution in [3.8, 4) is 0 Å². The van der Waals surface area contributed by atoms with E-state index in [2.05, 4.69) is 47.2 Å². The first-order valence-corrected chi connectivity index (χ1v) is 5.98. The molecule has 1 nitrogen and oxygen atoms in total. The minimum Gasteiger partial charge on any atom is -0.310 e. The van der Waals surface area contributed by atoms with Crippen molar-refractivity contribution in [2.75, 3.05) is 6.54 Å². The molecule has 2 heteroatoms. The van der Waals surface area contributed by atoms with Crippen LogP contribution >= 0.6 is 15.9 Å². The Morgan fingerprint density at radius 3 is 2.64 bits per heavy atom. The second-order valence-electron chi connectivity index (χ2n) is 4.08. The van der Waals surface area contributed by atoms with Crippen LogP contribution in [0.2, 0.25) is 0 Å². The molecule has 1 aromatic rings. The molecule has 1 saturated heterocycles. The number of halogens is 1. The van der Waals surface area contributed by atoms with Crippen molar-refractivity contribution in [3.63, 3.8) is 0 Å². The fourth-order valence-electron chi connectivity index (χ4n) is 2.16. The summed E-state index contributed by atoms with van der Waals surface area (Å²) in [6, 6.07) is 4.96. The topological polar surface area (TPSA) is 12.0 Å². The third-order valence-electron chi connectivity index (χ3n) is 3.00. The summed E-state index contributed by atoms with van der Waals surface area (Å²) in [5.41, 5.74) is 4.18. The van der Waals surface area contributed by atoms with Gasteiger partial charge in [-0.05, 0) is 49.9 Å². The largest absolute Gasteiger partial charge is 0.310 e. The van der Waals surface area contributed by atoms with Crippen LogP contribution in [-0.4, -0.2) is 6.54 Å². The van der Waals surface area contributed by atoms with Gasteiger partial charge in [-0.3, -0.25) is 0 Å². The number of benzene rings is 1. The molecule has 1 unspecified atom stereocenters. The van der Waals surface area contributed by atoms with Crippen molar-refractivity contribution in [2.24, 2.45) is 0 Å². The highest BCUT2D eigenvalue weighted by atomic mass is 79.9. The van der Waals surface area contributed by atoms with Crippen molar-refractivity contribution < 1.29 is 0 Å². The lowest BCUT2D eigenvalue weighted by Gasteiger charge is -2.17. The van der Waals surface area contributed by atoms with E-state index >= 15 is 0 Å². The molecule has 1 aliphatic rings. The van der Waals surface area contributed by atoms with E-state index in [0.29, 0.717) is 6.04 Å². The molecule has 1 N–H and O–H groups in total. The molecule has 0 saturated carbocycles. The quantitative estimate of drug-likeness (QED) is 0.808. The molecule has 14 heavy (non-hydrogen) atoms. The highest BCUT2D eigenvalue weighted by Crippen LogP contribution is 2.33. The van der Waals surface area contributed by atoms with Gasteiger partial charge in [0.2, 0.25) is 0 Å². The molecule has 1 heterocycles. The van der Waals surface area contributed by atoms with E-state index in [9.17, 15) is 0 Å². The van der Waals surface area contributed by atoms with Gasteiger partial charge >= 0.3 is 0 Å². The number of hydrogen-bond donors (Lipinski definition) is 1. The fourth-order valence-corrected chi connectivity index (χ4v) is 2.88. The van der Waals surface area contributed by atoms with Crippen LogP contribution in [0.25, 0.3) is 0 Å². The SMILES string of the molecule is Cc1ccc(C)c(C2CCCN2)c1Br. The van der Waals surface area contributed by atoms with Crippen molar-refractivity contribution in [1.82, 2.24) is 5.32 Å². The van der Waals surface area contributed by atoms with E-state index < -0.39 is 0 Å². The fraction of sp³-hybridized carbons (Fsp3) is 0.500. The van der Waals surface area contributed by atoms with Crippen LogP contribution in [0.3, 0.4) is 0 Å². The molecule has 1 atom stereocenters. The van der Waals surface area contributed by atoms with E-state index in [4.69, 9.17) is 0 Å². The lowest BCUT2D eigenvalue weighted by molar-refractivity contribution is 0.640. The Balaban J connectivity index is 2.44. The Morgan fingerprint density at radius 2 is 2.00 bits per heavy atom. The average Bonchev–Trinajstić information content (AvgIpc) is 2.65. The van der Waals surface area contributed by atoms with E-state index in [1.807, 2.05) is 0 Å². The second kappa shape index (κ2) is 4.03. The average molecular weight is 254 g/mol. The van der Waals surface area contributed by atoms with Crippen LogP contribution in [0.15, 0.2) is 16.6 Å². The van der Waals surface area contributed by atoms with Gasteiger partial charge in [-0.2, -0.15) is 0 Å². The molecule has 0 bridgehead atoms. The molecule has 0 aromatic heterocycles. The Bertz CT molecular complexity index is 340. The number of aryl methyl sites for hydroxylation is 2. The number of nitrogens with one attached hydrogen (secondary N) is 1. The Kier molecular flexibility index (Phi) is 2.93. The van der Waals surface area contributed by atoms with Crippen LogP contribution < -0.4 is 5.32 Å². The van der Waals surface area contributed by atoms with Crippen LogP contribution in [0.4, 0.5) is 0 Å². The third kappa shape index (κ3) is 1.73. The first-order chi connectivity index (χ1) is 6.70. The zero-order valence-electron chi connectivity index (χ0n) is 8.73. The molecular formula is C12H16BrN. The van der Waals surface area contributed by atoms with E-state index in [-0.39, 0.29) is 0 Å². The molecular weight excluding hydrogens is 238 g/mol. The van der Waals surface area contributed by atoms with Gasteiger partial charge in [0, 0.05) is 10.5 Å². The Morgan fingerprint density at radius 1 is 1.29 bits per heavy atom. The number of rotatable bonds is 1. The van der Waals surface area contributed by atoms with Crippen molar-refractivity contribution in [1.29, 1.82) is 0 Å². The maximum Gasteiger partial charge on any atom is 0.0334 e. The zero-order valence-corrected chi connectivity index (χ0v) is 10.3. The summed E-state index contributed by atoms with van der Waals surface area (Å²) in [7, 11) is 0. The number of hydrogen-bond acceptors (Lipinski definition) is 1. The first kappa shape index (κ1) is 10.2. The summed E-state index contributed by atoms with van der Waals surface area (Å²) in [6.07, 6.45) is 2.56. The van der Waals surface area contributed by atoms with Gasteiger partial charge in [-0.25, -0.2) is 0 Å². The summed E-state index contributed by atoms with van der Waals surface area (Å²) in [6.45, 7) is 5.51. The molecule has 0 aliphatic carbocycles. The first-order valence-electron chi connectivity index (χ1n) is 5.19. The van der Waals surface area contributed by atoms with Crippen LogP contribution in [0.1, 0.15) is 35.6 Å². The molecule has 1 fully saturated rings. The van der Waals surface area contributed by atoms with Crippen molar-refractivity contribution in [2.45, 2.75) is 32.7 Å². The van der Waals surface area contributed by atoms with Crippen molar-refractivity contribution >= 4 is 15.9 Å². The molecule has 2 rings (SSSR count). The smallest absolute Gasteiger partial charge is 0.0334 e. The van der Waals surface area contributed by atoms with Gasteiger partial charge < -0.3 is 5.32 Å². The van der Waals surface area contributed by atoms with Crippen molar-refractivity contribution in [3.05, 3.63) is 33.3 Å². The third-order valence-corrected chi connectivity index (χ3v) is 4.05. The van der Waals surface area contributed by atoms with E-state index in [1.165, 1.54) is 34.0 Å². The van der Waals surface area contributed by atoms with Gasteiger partial charge in [0.1, 0.15) is 0 Å². The van der Waals surface area contributed by atoms with Gasteiger partial charge in [-0.15, -0.1) is 0 Å². The summed E-state index contributed by atoms with van der Waals surface area (Å²) in [4.78, 5) is 0. The minimum absolute atomic E-state index is 0.560. The lowest BCUT2D eigenvalue weighted by Crippen LogP contribution is -2.14. The van der Waals surface area contributed by atoms with Crippen LogP contribution in [0.5, 0.6) is 0 Å². The summed E-state index contributed by atoms with van der Waals surface area (Å²) in [5, 5.41) is 3.55. The molecule has 1 aliphatic heterocycles. The van der Waals surface area contributed by atoms with Crippen LogP contribution in [-0.2, 0) is 0 Å². The Hall–Kier alpha value is -0.340. The second-order valence-corrected chi connectivity index (χ2v) is 4.87.